The van der Waals surface area contributed by atoms with Crippen molar-refractivity contribution in [2.45, 2.75) is 6.04 Å². The zero-order chi connectivity index (χ0) is 11.4. The molecule has 0 heterocycles. The second-order valence-corrected chi connectivity index (χ2v) is 3.81. The van der Waals surface area contributed by atoms with Crippen molar-refractivity contribution in [1.82, 2.24) is 0 Å². The van der Waals surface area contributed by atoms with Crippen LogP contribution in [0.4, 0.5) is 0 Å². The fourth-order valence-corrected chi connectivity index (χ4v) is 1.54. The fraction of sp³-hybridized carbons (Fsp3) is 0.300. The first-order chi connectivity index (χ1) is 7.07. The minimum atomic E-state index is -0.717. The van der Waals surface area contributed by atoms with E-state index in [1.165, 1.54) is 7.11 Å². The number of benzene rings is 1. The lowest BCUT2D eigenvalue weighted by molar-refractivity contribution is 0.0892. The van der Waals surface area contributed by atoms with E-state index >= 15 is 0 Å². The molecule has 0 saturated heterocycles. The summed E-state index contributed by atoms with van der Waals surface area (Å²) >= 11 is 11.7. The molecule has 15 heavy (non-hydrogen) atoms. The van der Waals surface area contributed by atoms with Crippen molar-refractivity contribution < 1.29 is 9.53 Å². The highest BCUT2D eigenvalue weighted by atomic mass is 35.5. The van der Waals surface area contributed by atoms with Gasteiger partial charge in [-0.05, 0) is 12.1 Å². The molecule has 0 saturated carbocycles. The first-order valence-corrected chi connectivity index (χ1v) is 5.06. The number of ether oxygens (including phenoxy) is 1. The largest absolute Gasteiger partial charge is 0.383 e. The van der Waals surface area contributed by atoms with Gasteiger partial charge in [-0.3, -0.25) is 4.79 Å². The normalized spacial score (nSPS) is 12.5. The first-order valence-electron chi connectivity index (χ1n) is 4.30. The van der Waals surface area contributed by atoms with E-state index in [1.807, 2.05) is 0 Å². The third-order valence-electron chi connectivity index (χ3n) is 1.90. The Morgan fingerprint density at radius 3 is 2.80 bits per heavy atom. The molecule has 5 heteroatoms. The number of ketones is 1. The van der Waals surface area contributed by atoms with Crippen LogP contribution >= 0.6 is 23.2 Å². The zero-order valence-corrected chi connectivity index (χ0v) is 9.68. The molecule has 0 aliphatic carbocycles. The molecule has 0 aliphatic heterocycles. The number of hydrogen-bond acceptors (Lipinski definition) is 3. The van der Waals surface area contributed by atoms with Crippen molar-refractivity contribution in [2.75, 3.05) is 13.7 Å². The average Bonchev–Trinajstić information content (AvgIpc) is 2.21. The number of nitrogens with two attached hydrogens (primary N) is 1. The Hall–Kier alpha value is -0.610. The zero-order valence-electron chi connectivity index (χ0n) is 8.17. The summed E-state index contributed by atoms with van der Waals surface area (Å²) in [5.74, 6) is -0.274. The molecule has 2 N–H and O–H groups in total. The molecule has 1 aromatic rings. The Labute approximate surface area is 98.1 Å². The van der Waals surface area contributed by atoms with Crippen molar-refractivity contribution in [3.8, 4) is 0 Å². The SMILES string of the molecule is COCC(N)C(=O)c1cccc(Cl)c1Cl. The molecule has 0 amide bonds. The standard InChI is InChI=1S/C10H11Cl2NO2/c1-15-5-8(13)10(14)6-3-2-4-7(11)9(6)12/h2-4,8H,5,13H2,1H3. The average molecular weight is 248 g/mol. The van der Waals surface area contributed by atoms with Crippen molar-refractivity contribution in [1.29, 1.82) is 0 Å². The highest BCUT2D eigenvalue weighted by molar-refractivity contribution is 6.44. The van der Waals surface area contributed by atoms with Crippen molar-refractivity contribution in [3.63, 3.8) is 0 Å². The second-order valence-electron chi connectivity index (χ2n) is 3.03. The van der Waals surface area contributed by atoms with E-state index in [9.17, 15) is 4.79 Å². The van der Waals surface area contributed by atoms with Crippen LogP contribution < -0.4 is 5.73 Å². The first kappa shape index (κ1) is 12.5. The fourth-order valence-electron chi connectivity index (χ4n) is 1.15. The van der Waals surface area contributed by atoms with E-state index in [-0.39, 0.29) is 17.4 Å². The number of methoxy groups -OCH3 is 1. The second kappa shape index (κ2) is 5.47. The van der Waals surface area contributed by atoms with Crippen molar-refractivity contribution in [2.24, 2.45) is 5.73 Å². The molecule has 0 radical (unpaired) electrons. The minimum Gasteiger partial charge on any atom is -0.383 e. The van der Waals surface area contributed by atoms with Gasteiger partial charge in [0.1, 0.15) is 0 Å². The predicted molar refractivity (Wildman–Crippen MR) is 60.6 cm³/mol. The van der Waals surface area contributed by atoms with Crippen molar-refractivity contribution >= 4 is 29.0 Å². The smallest absolute Gasteiger partial charge is 0.183 e. The number of carbonyl (C=O) groups excluding carboxylic acids is 1. The van der Waals surface area contributed by atoms with E-state index < -0.39 is 6.04 Å². The van der Waals surface area contributed by atoms with Gasteiger partial charge in [0.2, 0.25) is 0 Å². The van der Waals surface area contributed by atoms with Crippen LogP contribution in [0.25, 0.3) is 0 Å². The van der Waals surface area contributed by atoms with Gasteiger partial charge >= 0.3 is 0 Å². The van der Waals surface area contributed by atoms with Crippen LogP contribution in [0.1, 0.15) is 10.4 Å². The molecule has 1 aromatic carbocycles. The lowest BCUT2D eigenvalue weighted by Gasteiger charge is -2.10. The number of halogens is 2. The maximum Gasteiger partial charge on any atom is 0.183 e. The van der Waals surface area contributed by atoms with Crippen LogP contribution in [-0.2, 0) is 4.74 Å². The molecule has 0 aromatic heterocycles. The topological polar surface area (TPSA) is 52.3 Å². The molecule has 3 nitrogen and oxygen atoms in total. The van der Waals surface area contributed by atoms with Crippen LogP contribution in [0, 0.1) is 0 Å². The van der Waals surface area contributed by atoms with Gasteiger partial charge in [0.05, 0.1) is 22.7 Å². The van der Waals surface area contributed by atoms with Gasteiger partial charge in [-0.2, -0.15) is 0 Å². The van der Waals surface area contributed by atoms with Gasteiger partial charge in [-0.1, -0.05) is 29.3 Å². The van der Waals surface area contributed by atoms with Gasteiger partial charge in [-0.25, -0.2) is 0 Å². The number of hydrogen-bond donors (Lipinski definition) is 1. The molecule has 0 fully saturated rings. The number of Topliss-reactive ketones (excluding diaryl/α,β-unsaturated/α-hetero) is 1. The van der Waals surface area contributed by atoms with Gasteiger partial charge in [0.15, 0.2) is 5.78 Å². The lowest BCUT2D eigenvalue weighted by atomic mass is 10.1. The van der Waals surface area contributed by atoms with E-state index in [2.05, 4.69) is 0 Å². The Balaban J connectivity index is 2.96. The molecule has 1 atom stereocenters. The minimum absolute atomic E-state index is 0.154. The molecule has 82 valence electrons. The summed E-state index contributed by atoms with van der Waals surface area (Å²) < 4.78 is 4.79. The van der Waals surface area contributed by atoms with E-state index in [1.54, 1.807) is 18.2 Å². The van der Waals surface area contributed by atoms with Gasteiger partial charge in [0, 0.05) is 12.7 Å². The Bertz CT molecular complexity index is 368. The van der Waals surface area contributed by atoms with Crippen LogP contribution in [0.3, 0.4) is 0 Å². The summed E-state index contributed by atoms with van der Waals surface area (Å²) in [6.07, 6.45) is 0. The highest BCUT2D eigenvalue weighted by Gasteiger charge is 2.19. The van der Waals surface area contributed by atoms with Crippen LogP contribution in [0.15, 0.2) is 18.2 Å². The van der Waals surface area contributed by atoms with Crippen molar-refractivity contribution in [3.05, 3.63) is 33.8 Å². The van der Waals surface area contributed by atoms with Gasteiger partial charge in [0.25, 0.3) is 0 Å². The predicted octanol–water partition coefficient (Wildman–Crippen LogP) is 2.15. The quantitative estimate of drug-likeness (QED) is 0.830. The molecule has 1 unspecified atom stereocenters. The van der Waals surface area contributed by atoms with E-state index in [0.717, 1.165) is 0 Å². The maximum absolute atomic E-state index is 11.8. The molecule has 1 rings (SSSR count). The highest BCUT2D eigenvalue weighted by Crippen LogP contribution is 2.26. The molecule has 0 aliphatic rings. The third kappa shape index (κ3) is 2.92. The Kier molecular flexibility index (Phi) is 4.54. The summed E-state index contributed by atoms with van der Waals surface area (Å²) in [5.41, 5.74) is 5.93. The number of carbonyl (C=O) groups is 1. The summed E-state index contributed by atoms with van der Waals surface area (Å²) in [6, 6.07) is 4.14. The summed E-state index contributed by atoms with van der Waals surface area (Å²) in [4.78, 5) is 11.8. The van der Waals surface area contributed by atoms with E-state index in [0.29, 0.717) is 10.6 Å². The number of rotatable bonds is 4. The molecular weight excluding hydrogens is 237 g/mol. The summed E-state index contributed by atoms with van der Waals surface area (Å²) in [7, 11) is 1.48. The molecule has 0 bridgehead atoms. The summed E-state index contributed by atoms with van der Waals surface area (Å²) in [6.45, 7) is 0.154. The maximum atomic E-state index is 11.8. The van der Waals surface area contributed by atoms with Crippen LogP contribution in [0.5, 0.6) is 0 Å². The molecular formula is C10H11Cl2NO2. The Morgan fingerprint density at radius 2 is 2.20 bits per heavy atom. The summed E-state index contributed by atoms with van der Waals surface area (Å²) in [5, 5.41) is 0.572. The van der Waals surface area contributed by atoms with Crippen LogP contribution in [0.2, 0.25) is 10.0 Å². The monoisotopic (exact) mass is 247 g/mol. The lowest BCUT2D eigenvalue weighted by Crippen LogP contribution is -2.35. The van der Waals surface area contributed by atoms with Gasteiger partial charge < -0.3 is 10.5 Å². The third-order valence-corrected chi connectivity index (χ3v) is 2.72. The van der Waals surface area contributed by atoms with Crippen LogP contribution in [-0.4, -0.2) is 25.5 Å². The Morgan fingerprint density at radius 1 is 1.53 bits per heavy atom. The molecule has 0 spiro atoms. The van der Waals surface area contributed by atoms with Gasteiger partial charge in [-0.15, -0.1) is 0 Å². The van der Waals surface area contributed by atoms with E-state index in [4.69, 9.17) is 33.7 Å².